The summed E-state index contributed by atoms with van der Waals surface area (Å²) >= 11 is 3.43. The number of rotatable bonds is 17. The number of hydrogen-bond acceptors (Lipinski definition) is 10. The summed E-state index contributed by atoms with van der Waals surface area (Å²) in [5.74, 6) is 3.96. The Morgan fingerprint density at radius 3 is 2.72 bits per heavy atom. The molecule has 0 aromatic carbocycles. The molecule has 2 rings (SSSR count). The molecule has 0 amide bonds. The quantitative estimate of drug-likeness (QED) is 0.0384. The molecule has 0 radical (unpaired) electrons. The number of thioether (sulfide) groups is 2. The third-order valence-corrected chi connectivity index (χ3v) is 6.53. The summed E-state index contributed by atoms with van der Waals surface area (Å²) in [6, 6.07) is 5.84. The van der Waals surface area contributed by atoms with Gasteiger partial charge in [-0.3, -0.25) is 25.4 Å². The molecule has 14 heteroatoms. The average Bonchev–Trinajstić information content (AvgIpc) is 3.27. The monoisotopic (exact) mass is 532 g/mol. The lowest BCUT2D eigenvalue weighted by Gasteiger charge is -2.12. The van der Waals surface area contributed by atoms with E-state index in [-0.39, 0.29) is 0 Å². The van der Waals surface area contributed by atoms with Crippen molar-refractivity contribution in [1.29, 1.82) is 5.26 Å². The zero-order chi connectivity index (χ0) is 25.8. The molecule has 0 spiro atoms. The van der Waals surface area contributed by atoms with Crippen LogP contribution in [0, 0.1) is 28.5 Å². The Hall–Kier alpha value is -3.44. The zero-order valence-electron chi connectivity index (χ0n) is 20.2. The first-order chi connectivity index (χ1) is 17.6. The van der Waals surface area contributed by atoms with Crippen molar-refractivity contribution < 1.29 is 4.92 Å². The Balaban J connectivity index is 1.61. The minimum Gasteiger partial charge on any atom is -0.367 e. The van der Waals surface area contributed by atoms with Crippen LogP contribution in [0.4, 0.5) is 0 Å². The van der Waals surface area contributed by atoms with E-state index in [1.165, 1.54) is 0 Å². The topological polar surface area (TPSA) is 169 Å². The maximum absolute atomic E-state index is 10.9. The first kappa shape index (κ1) is 28.8. The van der Waals surface area contributed by atoms with E-state index in [0.29, 0.717) is 44.4 Å². The normalized spacial score (nSPS) is 11.6. The number of nitro groups is 1. The molecule has 0 unspecified atom stereocenters. The maximum Gasteiger partial charge on any atom is 0.274 e. The lowest BCUT2D eigenvalue weighted by Crippen LogP contribution is -2.37. The summed E-state index contributed by atoms with van der Waals surface area (Å²) in [7, 11) is 0. The molecule has 0 saturated heterocycles. The molecular weight excluding hydrogens is 500 g/mol. The minimum atomic E-state index is -0.485. The van der Waals surface area contributed by atoms with Crippen molar-refractivity contribution in [3.05, 3.63) is 69.9 Å². The molecule has 0 bridgehead atoms. The Bertz CT molecular complexity index is 1010. The number of imidazole rings is 1. The molecule has 36 heavy (non-hydrogen) atoms. The third-order valence-electron chi connectivity index (χ3n) is 4.59. The molecule has 0 fully saturated rings. The Morgan fingerprint density at radius 2 is 2.00 bits per heavy atom. The molecule has 5 N–H and O–H groups in total. The molecule has 194 valence electrons. The van der Waals surface area contributed by atoms with Crippen LogP contribution >= 0.6 is 23.5 Å². The smallest absolute Gasteiger partial charge is 0.274 e. The van der Waals surface area contributed by atoms with Crippen molar-refractivity contribution in [2.45, 2.75) is 24.9 Å². The van der Waals surface area contributed by atoms with Crippen LogP contribution in [-0.4, -0.2) is 63.5 Å². The van der Waals surface area contributed by atoms with Gasteiger partial charge in [0.15, 0.2) is 12.0 Å². The van der Waals surface area contributed by atoms with E-state index in [1.54, 1.807) is 36.0 Å². The molecule has 2 aromatic rings. The number of nitrogens with zero attached hydrogens (tertiary/aromatic N) is 5. The SMILES string of the molecule is Cc1[nH]cnc1CSCCN/C(=C\[N+](=O)[O-])NCCCN/C(=N\CCSCc1ccccn1)NC#N. The fourth-order valence-electron chi connectivity index (χ4n) is 2.81. The number of hydrogen-bond donors (Lipinski definition) is 5. The number of nitriles is 1. The van der Waals surface area contributed by atoms with Crippen LogP contribution in [0.1, 0.15) is 23.5 Å². The van der Waals surface area contributed by atoms with Crippen molar-refractivity contribution in [2.24, 2.45) is 4.99 Å². The van der Waals surface area contributed by atoms with E-state index in [1.807, 2.05) is 31.3 Å². The van der Waals surface area contributed by atoms with E-state index < -0.39 is 4.92 Å². The molecular formula is C22H32N10O2S2. The predicted octanol–water partition coefficient (Wildman–Crippen LogP) is 1.94. The van der Waals surface area contributed by atoms with Gasteiger partial charge in [-0.25, -0.2) is 4.98 Å². The Kier molecular flexibility index (Phi) is 14.3. The number of guanidine groups is 1. The van der Waals surface area contributed by atoms with Gasteiger partial charge in [0.1, 0.15) is 0 Å². The fraction of sp³-hybridized carbons (Fsp3) is 0.455. The van der Waals surface area contributed by atoms with Gasteiger partial charge in [-0.1, -0.05) is 6.07 Å². The second-order valence-corrected chi connectivity index (χ2v) is 9.54. The van der Waals surface area contributed by atoms with Gasteiger partial charge in [-0.15, -0.1) is 0 Å². The highest BCUT2D eigenvalue weighted by atomic mass is 32.2. The van der Waals surface area contributed by atoms with Gasteiger partial charge in [-0.05, 0) is 25.5 Å². The van der Waals surface area contributed by atoms with E-state index in [0.717, 1.165) is 46.3 Å². The second kappa shape index (κ2) is 17.9. The van der Waals surface area contributed by atoms with Gasteiger partial charge >= 0.3 is 0 Å². The number of aromatic nitrogens is 3. The first-order valence-electron chi connectivity index (χ1n) is 11.4. The van der Waals surface area contributed by atoms with Crippen molar-refractivity contribution in [2.75, 3.05) is 37.7 Å². The van der Waals surface area contributed by atoms with Crippen molar-refractivity contribution >= 4 is 29.5 Å². The molecule has 12 nitrogen and oxygen atoms in total. The number of nitrogens with one attached hydrogen (secondary N) is 5. The van der Waals surface area contributed by atoms with Crippen LogP contribution in [0.3, 0.4) is 0 Å². The fourth-order valence-corrected chi connectivity index (χ4v) is 4.43. The van der Waals surface area contributed by atoms with Gasteiger partial charge in [0.2, 0.25) is 5.96 Å². The van der Waals surface area contributed by atoms with Gasteiger partial charge in [0.05, 0.1) is 29.2 Å². The second-order valence-electron chi connectivity index (χ2n) is 7.33. The van der Waals surface area contributed by atoms with Gasteiger partial charge in [0.25, 0.3) is 6.20 Å². The molecule has 0 aliphatic rings. The average molecular weight is 533 g/mol. The van der Waals surface area contributed by atoms with Gasteiger partial charge < -0.3 is 20.9 Å². The lowest BCUT2D eigenvalue weighted by molar-refractivity contribution is -0.404. The van der Waals surface area contributed by atoms with Crippen molar-refractivity contribution in [3.63, 3.8) is 0 Å². The number of aliphatic imine (C=N–C) groups is 1. The highest BCUT2D eigenvalue weighted by molar-refractivity contribution is 7.98. The summed E-state index contributed by atoms with van der Waals surface area (Å²) in [6.07, 6.45) is 6.94. The molecule has 2 aromatic heterocycles. The van der Waals surface area contributed by atoms with Crippen LogP contribution in [0.25, 0.3) is 0 Å². The zero-order valence-corrected chi connectivity index (χ0v) is 21.8. The largest absolute Gasteiger partial charge is 0.367 e. The lowest BCUT2D eigenvalue weighted by atomic mass is 10.4. The molecule has 2 heterocycles. The number of aromatic amines is 1. The highest BCUT2D eigenvalue weighted by Gasteiger charge is 2.04. The van der Waals surface area contributed by atoms with Crippen LogP contribution < -0.4 is 21.3 Å². The molecule has 0 saturated carbocycles. The van der Waals surface area contributed by atoms with Crippen LogP contribution in [0.15, 0.2) is 47.7 Å². The molecule has 0 aliphatic carbocycles. The highest BCUT2D eigenvalue weighted by Crippen LogP contribution is 2.11. The van der Waals surface area contributed by atoms with Gasteiger partial charge in [-0.2, -0.15) is 28.8 Å². The standard InChI is InChI=1S/C22H32N10O2S2/c1-18-20(31-17-30-18)15-36-11-9-26-21(13-32(33)34)25-7-4-8-27-22(29-16-23)28-10-12-35-14-19-5-2-3-6-24-19/h2-3,5-6,13,17,25-26H,4,7-12,14-15H2,1H3,(H,30,31)(H2,27,28,29)/b21-13-. The number of H-pyrrole nitrogens is 1. The van der Waals surface area contributed by atoms with Crippen molar-refractivity contribution in [1.82, 2.24) is 36.2 Å². The predicted molar refractivity (Wildman–Crippen MR) is 145 cm³/mol. The maximum atomic E-state index is 10.9. The third kappa shape index (κ3) is 12.9. The minimum absolute atomic E-state index is 0.366. The molecule has 0 aliphatic heterocycles. The van der Waals surface area contributed by atoms with Crippen LogP contribution in [0.2, 0.25) is 0 Å². The Morgan fingerprint density at radius 1 is 1.19 bits per heavy atom. The summed E-state index contributed by atoms with van der Waals surface area (Å²) in [5, 5.41) is 31.6. The number of pyridine rings is 1. The summed E-state index contributed by atoms with van der Waals surface area (Å²) < 4.78 is 0. The molecule has 0 atom stereocenters. The van der Waals surface area contributed by atoms with Crippen LogP contribution in [-0.2, 0) is 11.5 Å². The van der Waals surface area contributed by atoms with E-state index in [4.69, 9.17) is 5.26 Å². The number of aryl methyl sites for hydroxylation is 1. The summed E-state index contributed by atoms with van der Waals surface area (Å²) in [4.78, 5) is 26.4. The van der Waals surface area contributed by atoms with E-state index >= 15 is 0 Å². The summed E-state index contributed by atoms with van der Waals surface area (Å²) in [5.41, 5.74) is 3.09. The van der Waals surface area contributed by atoms with Crippen molar-refractivity contribution in [3.8, 4) is 6.19 Å². The van der Waals surface area contributed by atoms with E-state index in [2.05, 4.69) is 41.2 Å². The Labute approximate surface area is 219 Å². The van der Waals surface area contributed by atoms with E-state index in [9.17, 15) is 10.1 Å². The summed E-state index contributed by atoms with van der Waals surface area (Å²) in [6.45, 7) is 4.18. The van der Waals surface area contributed by atoms with Gasteiger partial charge in [0, 0.05) is 54.5 Å². The van der Waals surface area contributed by atoms with Crippen LogP contribution in [0.5, 0.6) is 0 Å². The first-order valence-corrected chi connectivity index (χ1v) is 13.7.